The summed E-state index contributed by atoms with van der Waals surface area (Å²) in [6.07, 6.45) is 0. The molecule has 0 saturated carbocycles. The molecule has 1 amide bonds. The molecule has 0 aromatic heterocycles. The van der Waals surface area contributed by atoms with Gasteiger partial charge in [-0.2, -0.15) is 0 Å². The number of halogens is 4. The van der Waals surface area contributed by atoms with Crippen molar-refractivity contribution < 1.29 is 50.0 Å². The monoisotopic (exact) mass is 417 g/mol. The van der Waals surface area contributed by atoms with Gasteiger partial charge in [-0.25, -0.2) is 22.4 Å². The Morgan fingerprint density at radius 3 is 2.41 bits per heavy atom. The van der Waals surface area contributed by atoms with Gasteiger partial charge in [-0.3, -0.25) is 4.79 Å². The first-order valence-electron chi connectivity index (χ1n) is 10.7. The van der Waals surface area contributed by atoms with E-state index in [0.717, 1.165) is 0 Å². The summed E-state index contributed by atoms with van der Waals surface area (Å²) in [6.45, 7) is -1.04. The molecule has 0 unspecified atom stereocenters. The molecule has 1 aliphatic rings. The van der Waals surface area contributed by atoms with Gasteiger partial charge in [0, 0.05) is 0 Å². The molecule has 10 heteroatoms. The maximum Gasteiger partial charge on any atom is 0.334 e. The fraction of sp³-hybridized carbons (Fsp3) is 0.158. The number of benzene rings is 2. The topological polar surface area (TPSA) is 84.9 Å². The molecular weight excluding hydrogens is 398 g/mol. The van der Waals surface area contributed by atoms with Gasteiger partial charge in [0.2, 0.25) is 0 Å². The predicted molar refractivity (Wildman–Crippen MR) is 92.4 cm³/mol. The van der Waals surface area contributed by atoms with Crippen molar-refractivity contribution in [1.82, 2.24) is 0 Å². The van der Waals surface area contributed by atoms with Gasteiger partial charge < -0.3 is 19.9 Å². The number of hydrogen-bond donors (Lipinski definition) is 2. The smallest absolute Gasteiger partial charge is 0.334 e. The molecule has 0 radical (unpaired) electrons. The van der Waals surface area contributed by atoms with Crippen molar-refractivity contribution >= 4 is 17.6 Å². The van der Waals surface area contributed by atoms with Crippen molar-refractivity contribution in [1.29, 1.82) is 0 Å². The highest BCUT2D eigenvalue weighted by molar-refractivity contribution is 6.09. The summed E-state index contributed by atoms with van der Waals surface area (Å²) in [6, 6.07) is -2.41. The van der Waals surface area contributed by atoms with Gasteiger partial charge in [-0.05, 0) is 17.6 Å². The quantitative estimate of drug-likeness (QED) is 0.576. The van der Waals surface area contributed by atoms with Gasteiger partial charge in [-0.15, -0.1) is 0 Å². The fourth-order valence-electron chi connectivity index (χ4n) is 2.52. The zero-order valence-electron chi connectivity index (χ0n) is 20.1. The second-order valence-electron chi connectivity index (χ2n) is 5.58. The Morgan fingerprint density at radius 1 is 1.14 bits per heavy atom. The van der Waals surface area contributed by atoms with E-state index in [1.54, 1.807) is 5.32 Å². The molecular formula is C19H13F4NO5. The second kappa shape index (κ2) is 7.92. The third-order valence-corrected chi connectivity index (χ3v) is 3.90. The van der Waals surface area contributed by atoms with Gasteiger partial charge in [0.05, 0.1) is 45.2 Å². The SMILES string of the molecule is [2H]c1cc([2H])c(-c2c(F)c(F)c(NC(=O)C3=C(C(=O)O)COC3)c(F)c2F)c([2H])c1OC([2H])([2H])[2H]. The van der Waals surface area contributed by atoms with Gasteiger partial charge in [0.15, 0.2) is 23.3 Å². The summed E-state index contributed by atoms with van der Waals surface area (Å²) < 4.78 is 113. The molecule has 1 aliphatic heterocycles. The van der Waals surface area contributed by atoms with Crippen LogP contribution in [0.5, 0.6) is 5.75 Å². The first-order valence-corrected chi connectivity index (χ1v) is 7.66. The number of carboxylic acids is 1. The molecule has 2 aromatic rings. The number of carboxylic acid groups (broad SMARTS) is 1. The van der Waals surface area contributed by atoms with Crippen LogP contribution in [0.15, 0.2) is 35.3 Å². The number of methoxy groups -OCH3 is 1. The zero-order chi connectivity index (χ0) is 26.4. The van der Waals surface area contributed by atoms with Gasteiger partial charge in [0.25, 0.3) is 5.91 Å². The van der Waals surface area contributed by atoms with Crippen molar-refractivity contribution in [2.45, 2.75) is 0 Å². The Morgan fingerprint density at radius 2 is 1.79 bits per heavy atom. The number of rotatable bonds is 5. The Bertz CT molecular complexity index is 1270. The van der Waals surface area contributed by atoms with E-state index >= 15 is 0 Å². The molecule has 0 aliphatic carbocycles. The summed E-state index contributed by atoms with van der Waals surface area (Å²) in [7, 11) is -3.21. The lowest BCUT2D eigenvalue weighted by Gasteiger charge is -2.14. The molecule has 0 spiro atoms. The maximum absolute atomic E-state index is 14.9. The average molecular weight is 417 g/mol. The van der Waals surface area contributed by atoms with E-state index in [1.165, 1.54) is 0 Å². The van der Waals surface area contributed by atoms with Gasteiger partial charge in [0.1, 0.15) is 11.4 Å². The molecule has 0 saturated heterocycles. The van der Waals surface area contributed by atoms with E-state index in [2.05, 4.69) is 4.74 Å². The van der Waals surface area contributed by atoms with E-state index in [0.29, 0.717) is 6.07 Å². The van der Waals surface area contributed by atoms with Crippen molar-refractivity contribution in [3.8, 4) is 16.9 Å². The van der Waals surface area contributed by atoms with Crippen LogP contribution in [0.3, 0.4) is 0 Å². The third-order valence-electron chi connectivity index (χ3n) is 3.90. The number of nitrogens with one attached hydrogen (secondary N) is 1. The Balaban J connectivity index is 2.17. The molecule has 0 bridgehead atoms. The third kappa shape index (κ3) is 3.66. The fourth-order valence-corrected chi connectivity index (χ4v) is 2.52. The van der Waals surface area contributed by atoms with Crippen molar-refractivity contribution in [2.75, 3.05) is 25.6 Å². The molecule has 29 heavy (non-hydrogen) atoms. The van der Waals surface area contributed by atoms with Crippen molar-refractivity contribution in [3.63, 3.8) is 0 Å². The summed E-state index contributed by atoms with van der Waals surface area (Å²) in [4.78, 5) is 23.4. The van der Waals surface area contributed by atoms with Crippen LogP contribution in [-0.2, 0) is 14.3 Å². The first-order chi connectivity index (χ1) is 16.2. The van der Waals surface area contributed by atoms with Crippen LogP contribution in [-0.4, -0.2) is 37.2 Å². The number of hydrogen-bond acceptors (Lipinski definition) is 4. The summed E-state index contributed by atoms with van der Waals surface area (Å²) >= 11 is 0. The van der Waals surface area contributed by atoms with Crippen LogP contribution < -0.4 is 10.1 Å². The van der Waals surface area contributed by atoms with Crippen LogP contribution in [0.25, 0.3) is 11.1 Å². The van der Waals surface area contributed by atoms with Crippen LogP contribution >= 0.6 is 0 Å². The zero-order valence-corrected chi connectivity index (χ0v) is 14.1. The lowest BCUT2D eigenvalue weighted by atomic mass is 10.0. The normalized spacial score (nSPS) is 17.0. The highest BCUT2D eigenvalue weighted by Crippen LogP contribution is 2.36. The van der Waals surface area contributed by atoms with Crippen molar-refractivity contribution in [2.24, 2.45) is 0 Å². The number of carbonyl (C=O) groups excluding carboxylic acids is 1. The van der Waals surface area contributed by atoms with E-state index in [4.69, 9.17) is 18.1 Å². The van der Waals surface area contributed by atoms with E-state index in [-0.39, 0.29) is 0 Å². The number of carbonyl (C=O) groups is 2. The van der Waals surface area contributed by atoms with E-state index in [1.807, 2.05) is 0 Å². The number of ether oxygens (including phenoxy) is 2. The molecule has 2 aromatic carbocycles. The Kier molecular flexibility index (Phi) is 3.75. The Labute approximate surface area is 169 Å². The largest absolute Gasteiger partial charge is 0.497 e. The molecule has 2 N–H and O–H groups in total. The van der Waals surface area contributed by atoms with Gasteiger partial charge in [-0.1, -0.05) is 12.1 Å². The van der Waals surface area contributed by atoms with E-state index < -0.39 is 107 Å². The Hall–Kier alpha value is -3.40. The van der Waals surface area contributed by atoms with Crippen molar-refractivity contribution in [3.05, 3.63) is 58.6 Å². The molecule has 1 heterocycles. The number of anilines is 1. The first kappa shape index (κ1) is 13.7. The highest BCUT2D eigenvalue weighted by atomic mass is 19.2. The summed E-state index contributed by atoms with van der Waals surface area (Å²) in [5, 5.41) is 10.6. The molecule has 0 fully saturated rings. The van der Waals surface area contributed by atoms with Crippen LogP contribution in [0.4, 0.5) is 23.2 Å². The predicted octanol–water partition coefficient (Wildman–Crippen LogP) is 3.27. The average Bonchev–Trinajstić information content (AvgIpc) is 3.25. The summed E-state index contributed by atoms with van der Waals surface area (Å²) in [5.41, 5.74) is -5.40. The van der Waals surface area contributed by atoms with E-state index in [9.17, 15) is 27.2 Å². The minimum atomic E-state index is -3.21. The molecule has 0 atom stereocenters. The van der Waals surface area contributed by atoms with Gasteiger partial charge >= 0.3 is 5.97 Å². The standard InChI is InChI=1S/C19H13F4NO5/c1-28-9-4-2-3-8(5-9)12-13(20)15(22)17(16(23)14(12)21)24-18(25)10-6-29-7-11(10)19(26)27/h2-5H,6-7H2,1H3,(H,24,25)(H,26,27)/i1D3,3D,4D,5D. The number of amides is 1. The van der Waals surface area contributed by atoms with Crippen LogP contribution in [0, 0.1) is 23.3 Å². The summed E-state index contributed by atoms with van der Waals surface area (Å²) in [5.74, 6) is -12.6. The lowest BCUT2D eigenvalue weighted by Crippen LogP contribution is -2.21. The second-order valence-corrected chi connectivity index (χ2v) is 5.58. The molecule has 6 nitrogen and oxygen atoms in total. The van der Waals surface area contributed by atoms with Crippen LogP contribution in [0.2, 0.25) is 0 Å². The maximum atomic E-state index is 14.9. The van der Waals surface area contributed by atoms with Crippen LogP contribution in [0.1, 0.15) is 8.22 Å². The lowest BCUT2D eigenvalue weighted by molar-refractivity contribution is -0.133. The number of aliphatic carboxylic acids is 1. The minimum absolute atomic E-state index is 0.490. The highest BCUT2D eigenvalue weighted by Gasteiger charge is 2.31. The minimum Gasteiger partial charge on any atom is -0.497 e. The molecule has 152 valence electrons. The molecule has 3 rings (SSSR count).